The molecule has 0 aliphatic heterocycles. The van der Waals surface area contributed by atoms with E-state index in [4.69, 9.17) is 5.73 Å². The summed E-state index contributed by atoms with van der Waals surface area (Å²) in [6, 6.07) is 7.77. The molecular formula is C8H10NY-. The number of nitrogens with two attached hydrogens (primary N) is 1. The predicted octanol–water partition coefficient (Wildman–Crippen LogP) is 1.64. The first-order valence-electron chi connectivity index (χ1n) is 2.97. The Labute approximate surface area is 86.9 Å². The van der Waals surface area contributed by atoms with Gasteiger partial charge in [0.05, 0.1) is 0 Å². The van der Waals surface area contributed by atoms with Gasteiger partial charge in [0, 0.05) is 38.4 Å². The van der Waals surface area contributed by atoms with Crippen LogP contribution in [-0.2, 0) is 39.1 Å². The summed E-state index contributed by atoms with van der Waals surface area (Å²) in [5.41, 5.74) is 7.55. The molecule has 0 fully saturated rings. The van der Waals surface area contributed by atoms with Gasteiger partial charge in [-0.15, -0.1) is 0 Å². The molecule has 1 radical (unpaired) electrons. The van der Waals surface area contributed by atoms with Gasteiger partial charge in [0.1, 0.15) is 0 Å². The standard InChI is InChI=1S/C8H10N.Y/c1-2-7-5-3-4-6-8(7)9;/h3-6H,1-2,9H2;/q-1;. The Balaban J connectivity index is 0.000000810. The number of para-hydroxylation sites is 1. The minimum Gasteiger partial charge on any atom is -0.399 e. The van der Waals surface area contributed by atoms with E-state index in [9.17, 15) is 0 Å². The summed E-state index contributed by atoms with van der Waals surface area (Å²) >= 11 is 0. The Morgan fingerprint density at radius 1 is 1.30 bits per heavy atom. The van der Waals surface area contributed by atoms with Crippen LogP contribution < -0.4 is 5.73 Å². The molecule has 0 spiro atoms. The molecule has 0 atom stereocenters. The number of hydrogen-bond donors (Lipinski definition) is 1. The fraction of sp³-hybridized carbons (Fsp3) is 0.125. The SMILES string of the molecule is [CH2-]Cc1ccccc1N.[Y]. The van der Waals surface area contributed by atoms with Gasteiger partial charge in [-0.05, 0) is 6.07 Å². The van der Waals surface area contributed by atoms with Crippen LogP contribution in [0.1, 0.15) is 5.56 Å². The predicted molar refractivity (Wildman–Crippen MR) is 39.9 cm³/mol. The largest absolute Gasteiger partial charge is 0.399 e. The van der Waals surface area contributed by atoms with E-state index in [1.54, 1.807) is 0 Å². The van der Waals surface area contributed by atoms with Gasteiger partial charge in [0.15, 0.2) is 0 Å². The topological polar surface area (TPSA) is 26.0 Å². The van der Waals surface area contributed by atoms with Crippen molar-refractivity contribution in [2.24, 2.45) is 0 Å². The summed E-state index contributed by atoms with van der Waals surface area (Å²) in [4.78, 5) is 0. The molecule has 0 saturated carbocycles. The molecule has 1 nitrogen and oxygen atoms in total. The molecule has 10 heavy (non-hydrogen) atoms. The second kappa shape index (κ2) is 4.87. The molecule has 0 amide bonds. The van der Waals surface area contributed by atoms with Gasteiger partial charge in [-0.3, -0.25) is 0 Å². The zero-order valence-corrected chi connectivity index (χ0v) is 8.72. The van der Waals surface area contributed by atoms with Crippen LogP contribution in [0, 0.1) is 6.92 Å². The maximum atomic E-state index is 5.59. The van der Waals surface area contributed by atoms with E-state index in [1.165, 1.54) is 0 Å². The molecule has 2 N–H and O–H groups in total. The van der Waals surface area contributed by atoms with Crippen LogP contribution in [0.2, 0.25) is 0 Å². The van der Waals surface area contributed by atoms with Crippen molar-refractivity contribution in [3.8, 4) is 0 Å². The molecule has 2 heteroatoms. The molecule has 0 aliphatic carbocycles. The molecule has 1 rings (SSSR count). The molecular weight excluding hydrogens is 199 g/mol. The maximum Gasteiger partial charge on any atom is 0.0320 e. The number of anilines is 1. The molecule has 0 heterocycles. The summed E-state index contributed by atoms with van der Waals surface area (Å²) in [7, 11) is 0. The second-order valence-electron chi connectivity index (χ2n) is 1.95. The molecule has 51 valence electrons. The summed E-state index contributed by atoms with van der Waals surface area (Å²) in [6.45, 7) is 3.74. The van der Waals surface area contributed by atoms with Gasteiger partial charge < -0.3 is 12.7 Å². The first-order chi connectivity index (χ1) is 4.34. The van der Waals surface area contributed by atoms with Gasteiger partial charge in [0.25, 0.3) is 0 Å². The molecule has 0 aliphatic rings. The molecule has 1 aromatic rings. The van der Waals surface area contributed by atoms with Crippen LogP contribution in [-0.4, -0.2) is 0 Å². The fourth-order valence-electron chi connectivity index (χ4n) is 0.762. The van der Waals surface area contributed by atoms with Gasteiger partial charge in [-0.1, -0.05) is 23.8 Å². The van der Waals surface area contributed by atoms with Crippen molar-refractivity contribution < 1.29 is 32.7 Å². The van der Waals surface area contributed by atoms with Gasteiger partial charge in [-0.2, -0.15) is 6.42 Å². The van der Waals surface area contributed by atoms with Crippen LogP contribution in [0.5, 0.6) is 0 Å². The minimum absolute atomic E-state index is 0. The smallest absolute Gasteiger partial charge is 0.0320 e. The maximum absolute atomic E-state index is 5.59. The average molecular weight is 209 g/mol. The third kappa shape index (κ3) is 2.39. The summed E-state index contributed by atoms with van der Waals surface area (Å²) in [6.07, 6.45) is 0.771. The third-order valence-corrected chi connectivity index (χ3v) is 1.32. The summed E-state index contributed by atoms with van der Waals surface area (Å²) in [5.74, 6) is 0. The van der Waals surface area contributed by atoms with E-state index in [1.807, 2.05) is 24.3 Å². The van der Waals surface area contributed by atoms with Gasteiger partial charge >= 0.3 is 0 Å². The first kappa shape index (κ1) is 10.1. The monoisotopic (exact) mass is 209 g/mol. The van der Waals surface area contributed by atoms with Crippen molar-refractivity contribution in [2.75, 3.05) is 5.73 Å². The van der Waals surface area contributed by atoms with Crippen molar-refractivity contribution in [2.45, 2.75) is 6.42 Å². The molecule has 0 saturated heterocycles. The van der Waals surface area contributed by atoms with E-state index in [0.717, 1.165) is 17.7 Å². The van der Waals surface area contributed by atoms with Crippen molar-refractivity contribution in [1.82, 2.24) is 0 Å². The Morgan fingerprint density at radius 2 is 1.90 bits per heavy atom. The van der Waals surface area contributed by atoms with Crippen molar-refractivity contribution in [3.05, 3.63) is 36.8 Å². The van der Waals surface area contributed by atoms with Crippen molar-refractivity contribution in [1.29, 1.82) is 0 Å². The zero-order chi connectivity index (χ0) is 6.69. The summed E-state index contributed by atoms with van der Waals surface area (Å²) in [5, 5.41) is 0. The van der Waals surface area contributed by atoms with Gasteiger partial charge in [0.2, 0.25) is 0 Å². The van der Waals surface area contributed by atoms with E-state index in [-0.39, 0.29) is 32.7 Å². The average Bonchev–Trinajstić information content (AvgIpc) is 1.89. The zero-order valence-electron chi connectivity index (χ0n) is 5.88. The Morgan fingerprint density at radius 3 is 2.30 bits per heavy atom. The van der Waals surface area contributed by atoms with Crippen LogP contribution in [0.4, 0.5) is 5.69 Å². The normalized spacial score (nSPS) is 8.50. The van der Waals surface area contributed by atoms with E-state index < -0.39 is 0 Å². The quantitative estimate of drug-likeness (QED) is 0.552. The minimum atomic E-state index is 0. The van der Waals surface area contributed by atoms with E-state index >= 15 is 0 Å². The molecule has 0 aromatic heterocycles. The van der Waals surface area contributed by atoms with Crippen LogP contribution in [0.25, 0.3) is 0 Å². The molecule has 0 unspecified atom stereocenters. The van der Waals surface area contributed by atoms with Crippen molar-refractivity contribution in [3.63, 3.8) is 0 Å². The van der Waals surface area contributed by atoms with E-state index in [0.29, 0.717) is 0 Å². The van der Waals surface area contributed by atoms with Crippen LogP contribution in [0.15, 0.2) is 24.3 Å². The Bertz CT molecular complexity index is 198. The third-order valence-electron chi connectivity index (χ3n) is 1.32. The number of nitrogen functional groups attached to an aromatic ring is 1. The molecule has 0 bridgehead atoms. The van der Waals surface area contributed by atoms with Crippen molar-refractivity contribution >= 4 is 5.69 Å². The van der Waals surface area contributed by atoms with Crippen LogP contribution >= 0.6 is 0 Å². The first-order valence-corrected chi connectivity index (χ1v) is 2.97. The second-order valence-corrected chi connectivity index (χ2v) is 1.95. The Kier molecular flexibility index (Phi) is 4.93. The number of benzene rings is 1. The fourth-order valence-corrected chi connectivity index (χ4v) is 0.762. The van der Waals surface area contributed by atoms with Crippen LogP contribution in [0.3, 0.4) is 0 Å². The molecule has 1 aromatic carbocycles. The summed E-state index contributed by atoms with van der Waals surface area (Å²) < 4.78 is 0. The number of hydrogen-bond acceptors (Lipinski definition) is 1. The number of rotatable bonds is 1. The van der Waals surface area contributed by atoms with E-state index in [2.05, 4.69) is 6.92 Å². The van der Waals surface area contributed by atoms with Gasteiger partial charge in [-0.25, -0.2) is 0 Å². The Hall–Kier alpha value is 0.124.